The number of rotatable bonds is 4. The largest absolute Gasteiger partial charge is 0.425 e. The maximum absolute atomic E-state index is 5.88. The SMILES string of the molecule is COP(OC)Oc1ccc(Cl)cc1Cl. The van der Waals surface area contributed by atoms with Crippen LogP contribution >= 0.6 is 31.8 Å². The highest BCUT2D eigenvalue weighted by Crippen LogP contribution is 2.41. The Labute approximate surface area is 93.9 Å². The first kappa shape index (κ1) is 12.0. The molecule has 0 N–H and O–H groups in total. The summed E-state index contributed by atoms with van der Waals surface area (Å²) in [4.78, 5) is 0. The minimum atomic E-state index is -1.39. The smallest absolute Gasteiger partial charge is 0.396 e. The Hall–Kier alpha value is -0.0500. The molecule has 0 atom stereocenters. The molecule has 78 valence electrons. The van der Waals surface area contributed by atoms with E-state index in [0.29, 0.717) is 15.8 Å². The van der Waals surface area contributed by atoms with Crippen molar-refractivity contribution in [2.45, 2.75) is 0 Å². The second kappa shape index (κ2) is 5.74. The fourth-order valence-electron chi connectivity index (χ4n) is 0.779. The molecular formula is C8H9Cl2O3P. The van der Waals surface area contributed by atoms with Gasteiger partial charge in [0.05, 0.1) is 5.02 Å². The average molecular weight is 255 g/mol. The third-order valence-electron chi connectivity index (χ3n) is 1.36. The second-order valence-electron chi connectivity index (χ2n) is 2.25. The van der Waals surface area contributed by atoms with E-state index in [1.165, 1.54) is 14.2 Å². The third kappa shape index (κ3) is 3.26. The van der Waals surface area contributed by atoms with Crippen LogP contribution in [-0.4, -0.2) is 14.2 Å². The van der Waals surface area contributed by atoms with Gasteiger partial charge in [0.2, 0.25) is 0 Å². The molecule has 14 heavy (non-hydrogen) atoms. The van der Waals surface area contributed by atoms with Crippen molar-refractivity contribution in [2.24, 2.45) is 0 Å². The molecule has 0 amide bonds. The van der Waals surface area contributed by atoms with Gasteiger partial charge in [-0.1, -0.05) is 23.2 Å². The lowest BCUT2D eigenvalue weighted by atomic mass is 10.3. The van der Waals surface area contributed by atoms with Crippen LogP contribution in [-0.2, 0) is 9.05 Å². The zero-order valence-electron chi connectivity index (χ0n) is 7.66. The third-order valence-corrected chi connectivity index (χ3v) is 2.84. The van der Waals surface area contributed by atoms with Crippen LogP contribution < -0.4 is 4.52 Å². The van der Waals surface area contributed by atoms with Crippen molar-refractivity contribution < 1.29 is 13.6 Å². The Kier molecular flexibility index (Phi) is 4.93. The van der Waals surface area contributed by atoms with E-state index in [2.05, 4.69) is 0 Å². The molecule has 0 aromatic heterocycles. The standard InChI is InChI=1S/C8H9Cl2O3P/c1-11-14(12-2)13-8-4-3-6(9)5-7(8)10/h3-5H,1-2H3. The summed E-state index contributed by atoms with van der Waals surface area (Å²) >= 11 is 11.6. The van der Waals surface area contributed by atoms with Gasteiger partial charge < -0.3 is 13.6 Å². The zero-order chi connectivity index (χ0) is 10.6. The predicted molar refractivity (Wildman–Crippen MR) is 58.0 cm³/mol. The highest BCUT2D eigenvalue weighted by Gasteiger charge is 2.12. The van der Waals surface area contributed by atoms with Gasteiger partial charge in [-0.25, -0.2) is 0 Å². The lowest BCUT2D eigenvalue weighted by molar-refractivity contribution is 0.277. The topological polar surface area (TPSA) is 27.7 Å². The Bertz CT molecular complexity index is 305. The summed E-state index contributed by atoms with van der Waals surface area (Å²) < 4.78 is 15.2. The van der Waals surface area contributed by atoms with Crippen molar-refractivity contribution in [3.63, 3.8) is 0 Å². The molecule has 1 aromatic carbocycles. The van der Waals surface area contributed by atoms with Crippen LogP contribution in [0, 0.1) is 0 Å². The van der Waals surface area contributed by atoms with Crippen molar-refractivity contribution in [3.05, 3.63) is 28.2 Å². The molecule has 6 heteroatoms. The first-order valence-electron chi connectivity index (χ1n) is 3.68. The second-order valence-corrected chi connectivity index (χ2v) is 4.46. The first-order valence-corrected chi connectivity index (χ1v) is 5.54. The number of benzene rings is 1. The van der Waals surface area contributed by atoms with E-state index in [-0.39, 0.29) is 0 Å². The van der Waals surface area contributed by atoms with E-state index in [9.17, 15) is 0 Å². The fourth-order valence-corrected chi connectivity index (χ4v) is 1.90. The number of hydrogen-bond acceptors (Lipinski definition) is 3. The summed E-state index contributed by atoms with van der Waals surface area (Å²) in [6.45, 7) is 0. The maximum atomic E-state index is 5.88. The predicted octanol–water partition coefficient (Wildman–Crippen LogP) is 3.89. The average Bonchev–Trinajstić information content (AvgIpc) is 2.17. The summed E-state index contributed by atoms with van der Waals surface area (Å²) in [5.41, 5.74) is 0. The lowest BCUT2D eigenvalue weighted by Crippen LogP contribution is -1.92. The molecular weight excluding hydrogens is 246 g/mol. The van der Waals surface area contributed by atoms with Crippen LogP contribution in [0.25, 0.3) is 0 Å². The van der Waals surface area contributed by atoms with Crippen LogP contribution in [0.2, 0.25) is 10.0 Å². The van der Waals surface area contributed by atoms with E-state index in [1.807, 2.05) is 0 Å². The Morgan fingerprint density at radius 2 is 1.79 bits per heavy atom. The van der Waals surface area contributed by atoms with Gasteiger partial charge in [-0.05, 0) is 18.2 Å². The van der Waals surface area contributed by atoms with Gasteiger partial charge in [0, 0.05) is 19.2 Å². The van der Waals surface area contributed by atoms with Gasteiger partial charge in [-0.2, -0.15) is 0 Å². The molecule has 0 unspecified atom stereocenters. The number of hydrogen-bond donors (Lipinski definition) is 0. The molecule has 0 spiro atoms. The minimum absolute atomic E-state index is 0.430. The molecule has 1 aromatic rings. The lowest BCUT2D eigenvalue weighted by Gasteiger charge is -2.13. The van der Waals surface area contributed by atoms with Crippen LogP contribution in [0.15, 0.2) is 18.2 Å². The summed E-state index contributed by atoms with van der Waals surface area (Å²) in [5.74, 6) is 0.492. The molecule has 0 bridgehead atoms. The highest BCUT2D eigenvalue weighted by atomic mass is 35.5. The van der Waals surface area contributed by atoms with Crippen LogP contribution in [0.1, 0.15) is 0 Å². The Morgan fingerprint density at radius 3 is 2.29 bits per heavy atom. The molecule has 0 saturated carbocycles. The molecule has 0 aliphatic heterocycles. The van der Waals surface area contributed by atoms with Crippen molar-refractivity contribution in [1.82, 2.24) is 0 Å². The minimum Gasteiger partial charge on any atom is -0.425 e. The Morgan fingerprint density at radius 1 is 1.14 bits per heavy atom. The van der Waals surface area contributed by atoms with Crippen molar-refractivity contribution in [2.75, 3.05) is 14.2 Å². The van der Waals surface area contributed by atoms with E-state index in [1.54, 1.807) is 18.2 Å². The monoisotopic (exact) mass is 254 g/mol. The summed E-state index contributed by atoms with van der Waals surface area (Å²) in [7, 11) is 1.61. The zero-order valence-corrected chi connectivity index (χ0v) is 10.1. The fraction of sp³-hybridized carbons (Fsp3) is 0.250. The van der Waals surface area contributed by atoms with Crippen LogP contribution in [0.5, 0.6) is 5.75 Å². The number of halogens is 2. The van der Waals surface area contributed by atoms with E-state index in [0.717, 1.165) is 0 Å². The molecule has 0 aliphatic rings. The summed E-state index contributed by atoms with van der Waals surface area (Å²) in [5, 5.41) is 0.987. The van der Waals surface area contributed by atoms with Crippen molar-refractivity contribution >= 4 is 31.8 Å². The molecule has 0 saturated heterocycles. The van der Waals surface area contributed by atoms with E-state index >= 15 is 0 Å². The van der Waals surface area contributed by atoms with Gasteiger partial charge in [0.15, 0.2) is 0 Å². The van der Waals surface area contributed by atoms with Crippen LogP contribution in [0.4, 0.5) is 0 Å². The van der Waals surface area contributed by atoms with Crippen LogP contribution in [0.3, 0.4) is 0 Å². The van der Waals surface area contributed by atoms with Gasteiger partial charge >= 0.3 is 8.60 Å². The van der Waals surface area contributed by atoms with E-state index in [4.69, 9.17) is 36.8 Å². The van der Waals surface area contributed by atoms with Gasteiger partial charge in [-0.3, -0.25) is 0 Å². The van der Waals surface area contributed by atoms with Crippen molar-refractivity contribution in [1.29, 1.82) is 0 Å². The van der Waals surface area contributed by atoms with Gasteiger partial charge in [0.1, 0.15) is 5.75 Å². The molecule has 0 heterocycles. The highest BCUT2D eigenvalue weighted by molar-refractivity contribution is 7.42. The molecule has 0 aliphatic carbocycles. The van der Waals surface area contributed by atoms with Gasteiger partial charge in [0.25, 0.3) is 0 Å². The van der Waals surface area contributed by atoms with E-state index < -0.39 is 8.60 Å². The normalized spacial score (nSPS) is 10.6. The van der Waals surface area contributed by atoms with Crippen molar-refractivity contribution in [3.8, 4) is 5.75 Å². The Balaban J connectivity index is 2.76. The molecule has 0 radical (unpaired) electrons. The van der Waals surface area contributed by atoms with Gasteiger partial charge in [-0.15, -0.1) is 0 Å². The first-order chi connectivity index (χ1) is 6.67. The quantitative estimate of drug-likeness (QED) is 0.764. The summed E-state index contributed by atoms with van der Waals surface area (Å²) in [6, 6.07) is 4.94. The maximum Gasteiger partial charge on any atom is 0.396 e. The molecule has 1 rings (SSSR count). The molecule has 3 nitrogen and oxygen atoms in total. The molecule has 0 fully saturated rings. The summed E-state index contributed by atoms with van der Waals surface area (Å²) in [6.07, 6.45) is 0.